The van der Waals surface area contributed by atoms with E-state index in [0.29, 0.717) is 16.1 Å². The zero-order valence-corrected chi connectivity index (χ0v) is 10.5. The van der Waals surface area contributed by atoms with Gasteiger partial charge in [-0.05, 0) is 30.2 Å². The number of rotatable bonds is 1. The van der Waals surface area contributed by atoms with E-state index in [0.717, 1.165) is 11.1 Å². The Hall–Kier alpha value is -1.64. The van der Waals surface area contributed by atoms with Crippen molar-refractivity contribution >= 4 is 17.4 Å². The van der Waals surface area contributed by atoms with Crippen molar-refractivity contribution in [1.82, 2.24) is 0 Å². The maximum Gasteiger partial charge on any atom is 0.174 e. The number of halogens is 1. The summed E-state index contributed by atoms with van der Waals surface area (Å²) in [7, 11) is 0. The Morgan fingerprint density at radius 2 is 1.78 bits per heavy atom. The van der Waals surface area contributed by atoms with Crippen LogP contribution in [0, 0.1) is 0 Å². The van der Waals surface area contributed by atoms with E-state index in [1.165, 1.54) is 6.92 Å². The molecule has 0 amide bonds. The molecule has 18 heavy (non-hydrogen) atoms. The molecule has 3 heteroatoms. The molecule has 0 heterocycles. The molecular formula is C15H11ClO2. The summed E-state index contributed by atoms with van der Waals surface area (Å²) in [6.07, 6.45) is 0. The largest absolute Gasteiger partial charge is 0.373 e. The Bertz CT molecular complexity index is 663. The summed E-state index contributed by atoms with van der Waals surface area (Å²) in [5.74, 6) is -0.295. The van der Waals surface area contributed by atoms with Gasteiger partial charge < -0.3 is 5.11 Å². The quantitative estimate of drug-likeness (QED) is 0.853. The molecule has 2 aromatic carbocycles. The average Bonchev–Trinajstić information content (AvgIpc) is 2.61. The number of carbonyl (C=O) groups excluding carboxylic acids is 1. The van der Waals surface area contributed by atoms with E-state index in [1.807, 2.05) is 24.3 Å². The highest BCUT2D eigenvalue weighted by Crippen LogP contribution is 2.48. The van der Waals surface area contributed by atoms with Crippen LogP contribution in [0.15, 0.2) is 42.5 Å². The van der Waals surface area contributed by atoms with Crippen LogP contribution in [-0.2, 0) is 10.4 Å². The minimum atomic E-state index is -1.57. The molecule has 3 rings (SSSR count). The predicted molar refractivity (Wildman–Crippen MR) is 70.6 cm³/mol. The lowest BCUT2D eigenvalue weighted by Gasteiger charge is -2.22. The van der Waals surface area contributed by atoms with Crippen LogP contribution in [0.2, 0.25) is 5.02 Å². The maximum absolute atomic E-state index is 11.9. The van der Waals surface area contributed by atoms with E-state index >= 15 is 0 Å². The van der Waals surface area contributed by atoms with Crippen LogP contribution in [0.4, 0.5) is 0 Å². The summed E-state index contributed by atoms with van der Waals surface area (Å²) < 4.78 is 0. The zero-order valence-electron chi connectivity index (χ0n) is 9.77. The first-order valence-electron chi connectivity index (χ1n) is 5.68. The third-order valence-corrected chi connectivity index (χ3v) is 3.72. The van der Waals surface area contributed by atoms with Gasteiger partial charge in [0, 0.05) is 16.1 Å². The lowest BCUT2D eigenvalue weighted by molar-refractivity contribution is -0.131. The molecule has 0 aliphatic heterocycles. The minimum absolute atomic E-state index is 0.295. The van der Waals surface area contributed by atoms with Crippen molar-refractivity contribution in [3.05, 3.63) is 58.6 Å². The molecule has 0 fully saturated rings. The number of ketones is 1. The molecule has 0 saturated carbocycles. The molecular weight excluding hydrogens is 248 g/mol. The fourth-order valence-corrected chi connectivity index (χ4v) is 2.78. The molecule has 90 valence electrons. The first-order valence-corrected chi connectivity index (χ1v) is 6.06. The topological polar surface area (TPSA) is 37.3 Å². The van der Waals surface area contributed by atoms with Gasteiger partial charge in [-0.3, -0.25) is 4.79 Å². The zero-order chi connectivity index (χ0) is 12.9. The van der Waals surface area contributed by atoms with E-state index < -0.39 is 5.60 Å². The third-order valence-electron chi connectivity index (χ3n) is 3.49. The third kappa shape index (κ3) is 1.30. The summed E-state index contributed by atoms with van der Waals surface area (Å²) in [5, 5.41) is 11.3. The van der Waals surface area contributed by atoms with Gasteiger partial charge in [-0.1, -0.05) is 41.9 Å². The molecule has 1 atom stereocenters. The van der Waals surface area contributed by atoms with E-state index in [9.17, 15) is 9.90 Å². The predicted octanol–water partition coefficient (Wildman–Crippen LogP) is 3.15. The average molecular weight is 259 g/mol. The van der Waals surface area contributed by atoms with Gasteiger partial charge in [0.25, 0.3) is 0 Å². The van der Waals surface area contributed by atoms with Gasteiger partial charge >= 0.3 is 0 Å². The van der Waals surface area contributed by atoms with Crippen molar-refractivity contribution in [1.29, 1.82) is 0 Å². The number of fused-ring (bicyclic) bond motifs is 3. The fourth-order valence-electron chi connectivity index (χ4n) is 2.61. The SMILES string of the molecule is CC(=O)C1(O)c2ccccc2-c2ccc(Cl)cc21. The van der Waals surface area contributed by atoms with Crippen LogP contribution in [-0.4, -0.2) is 10.9 Å². The number of hydrogen-bond donors (Lipinski definition) is 1. The van der Waals surface area contributed by atoms with Crippen LogP contribution in [0.5, 0.6) is 0 Å². The maximum atomic E-state index is 11.9. The van der Waals surface area contributed by atoms with Crippen molar-refractivity contribution in [3.8, 4) is 11.1 Å². The van der Waals surface area contributed by atoms with Crippen molar-refractivity contribution < 1.29 is 9.90 Å². The fraction of sp³-hybridized carbons (Fsp3) is 0.133. The standard InChI is InChI=1S/C15H11ClO2/c1-9(17)15(18)13-5-3-2-4-11(13)12-7-6-10(16)8-14(12)15/h2-8,18H,1H3. The highest BCUT2D eigenvalue weighted by molar-refractivity contribution is 6.30. The minimum Gasteiger partial charge on any atom is -0.373 e. The van der Waals surface area contributed by atoms with Gasteiger partial charge in [0.1, 0.15) is 0 Å². The van der Waals surface area contributed by atoms with Crippen molar-refractivity contribution in [2.24, 2.45) is 0 Å². The Morgan fingerprint density at radius 3 is 2.50 bits per heavy atom. The van der Waals surface area contributed by atoms with Gasteiger partial charge in [0.05, 0.1) is 0 Å². The van der Waals surface area contributed by atoms with Crippen LogP contribution < -0.4 is 0 Å². The summed E-state index contributed by atoms with van der Waals surface area (Å²) in [6, 6.07) is 12.7. The van der Waals surface area contributed by atoms with Crippen molar-refractivity contribution in [2.75, 3.05) is 0 Å². The second-order valence-corrected chi connectivity index (χ2v) is 4.94. The van der Waals surface area contributed by atoms with Crippen molar-refractivity contribution in [2.45, 2.75) is 12.5 Å². The van der Waals surface area contributed by atoms with Gasteiger partial charge in [-0.15, -0.1) is 0 Å². The van der Waals surface area contributed by atoms with Crippen molar-refractivity contribution in [3.63, 3.8) is 0 Å². The molecule has 0 radical (unpaired) electrons. The van der Waals surface area contributed by atoms with Gasteiger partial charge in [0.15, 0.2) is 11.4 Å². The Labute approximate surface area is 110 Å². The highest BCUT2D eigenvalue weighted by Gasteiger charge is 2.45. The first-order chi connectivity index (χ1) is 8.55. The number of aliphatic hydroxyl groups is 1. The highest BCUT2D eigenvalue weighted by atomic mass is 35.5. The Morgan fingerprint density at radius 1 is 1.11 bits per heavy atom. The number of Topliss-reactive ketones (excluding diaryl/α,β-unsaturated/α-hetero) is 1. The van der Waals surface area contributed by atoms with Gasteiger partial charge in [0.2, 0.25) is 0 Å². The second-order valence-electron chi connectivity index (χ2n) is 4.50. The van der Waals surface area contributed by atoms with E-state index in [4.69, 9.17) is 11.6 Å². The lowest BCUT2D eigenvalue weighted by Crippen LogP contribution is -2.32. The summed E-state index contributed by atoms with van der Waals surface area (Å²) in [6.45, 7) is 1.40. The van der Waals surface area contributed by atoms with Crippen LogP contribution in [0.1, 0.15) is 18.1 Å². The molecule has 1 aliphatic rings. The Balaban J connectivity index is 2.42. The lowest BCUT2D eigenvalue weighted by atomic mass is 9.88. The molecule has 1 N–H and O–H groups in total. The molecule has 2 aromatic rings. The molecule has 0 bridgehead atoms. The number of benzene rings is 2. The molecule has 0 aromatic heterocycles. The molecule has 1 unspecified atom stereocenters. The summed E-state index contributed by atoms with van der Waals surface area (Å²) in [5.41, 5.74) is 1.39. The second kappa shape index (κ2) is 3.67. The van der Waals surface area contributed by atoms with E-state index in [1.54, 1.807) is 18.2 Å². The molecule has 0 saturated heterocycles. The van der Waals surface area contributed by atoms with Crippen LogP contribution in [0.25, 0.3) is 11.1 Å². The normalized spacial score (nSPS) is 20.4. The first kappa shape index (κ1) is 11.5. The van der Waals surface area contributed by atoms with E-state index in [2.05, 4.69) is 0 Å². The number of carbonyl (C=O) groups is 1. The Kier molecular flexibility index (Phi) is 2.34. The van der Waals surface area contributed by atoms with Crippen LogP contribution >= 0.6 is 11.6 Å². The van der Waals surface area contributed by atoms with Gasteiger partial charge in [-0.25, -0.2) is 0 Å². The summed E-state index contributed by atoms with van der Waals surface area (Å²) in [4.78, 5) is 11.9. The monoisotopic (exact) mass is 258 g/mol. The van der Waals surface area contributed by atoms with Gasteiger partial charge in [-0.2, -0.15) is 0 Å². The van der Waals surface area contributed by atoms with E-state index in [-0.39, 0.29) is 5.78 Å². The molecule has 1 aliphatic carbocycles. The smallest absolute Gasteiger partial charge is 0.174 e. The molecule has 2 nitrogen and oxygen atoms in total. The summed E-state index contributed by atoms with van der Waals surface area (Å²) >= 11 is 5.98. The van der Waals surface area contributed by atoms with Crippen LogP contribution in [0.3, 0.4) is 0 Å². The number of hydrogen-bond acceptors (Lipinski definition) is 2. The molecule has 0 spiro atoms.